The van der Waals surface area contributed by atoms with E-state index in [1.165, 1.54) is 20.1 Å². The average molecular weight is 488 g/mol. The monoisotopic (exact) mass is 486 g/mol. The second-order valence-corrected chi connectivity index (χ2v) is 7.17. The molecule has 0 spiro atoms. The molecule has 1 N–H and O–H groups in total. The maximum Gasteiger partial charge on any atom is 0.336 e. The van der Waals surface area contributed by atoms with Crippen molar-refractivity contribution in [3.8, 4) is 11.5 Å². The molecule has 140 valence electrons. The summed E-state index contributed by atoms with van der Waals surface area (Å²) < 4.78 is 11.5. The summed E-state index contributed by atoms with van der Waals surface area (Å²) in [7, 11) is 3.11. The van der Waals surface area contributed by atoms with E-state index in [0.717, 1.165) is 21.3 Å². The van der Waals surface area contributed by atoms with Gasteiger partial charge in [-0.2, -0.15) is 0 Å². The van der Waals surface area contributed by atoms with Gasteiger partial charge in [-0.25, -0.2) is 4.79 Å². The third-order valence-electron chi connectivity index (χ3n) is 3.58. The van der Waals surface area contributed by atoms with Crippen LogP contribution in [0, 0.1) is 13.8 Å². The van der Waals surface area contributed by atoms with Crippen LogP contribution >= 0.6 is 31.9 Å². The number of methoxy groups -OCH3 is 2. The second kappa shape index (κ2) is 9.73. The maximum atomic E-state index is 11.2. The lowest BCUT2D eigenvalue weighted by atomic mass is 10.1. The summed E-state index contributed by atoms with van der Waals surface area (Å²) >= 11 is 6.51. The number of aryl methyl sites for hydroxylation is 2. The summed E-state index contributed by atoms with van der Waals surface area (Å²) in [5.74, 6) is 0.393. The molecule has 0 atom stereocenters. The van der Waals surface area contributed by atoms with Crippen LogP contribution in [-0.4, -0.2) is 31.1 Å². The average Bonchev–Trinajstić information content (AvgIpc) is 2.55. The molecular weight excluding hydrogens is 468 g/mol. The van der Waals surface area contributed by atoms with Crippen LogP contribution in [0.15, 0.2) is 33.2 Å². The SMILES string of the molecule is COc1cc(C(=O)O)c(Br)cc1C.COc1cc(C(C)=O)c(Br)cc1C. The normalized spacial score (nSPS) is 9.81. The zero-order chi connectivity index (χ0) is 20.0. The van der Waals surface area contributed by atoms with Gasteiger partial charge in [-0.15, -0.1) is 0 Å². The van der Waals surface area contributed by atoms with Crippen LogP contribution in [0.1, 0.15) is 38.8 Å². The number of Topliss-reactive ketones (excluding diaryl/α,β-unsaturated/α-hetero) is 1. The predicted octanol–water partition coefficient (Wildman–Crippen LogP) is 5.43. The van der Waals surface area contributed by atoms with Crippen molar-refractivity contribution in [2.45, 2.75) is 20.8 Å². The fraction of sp³-hybridized carbons (Fsp3) is 0.263. The van der Waals surface area contributed by atoms with Crippen LogP contribution in [0.4, 0.5) is 0 Å². The van der Waals surface area contributed by atoms with Gasteiger partial charge in [0.05, 0.1) is 19.8 Å². The highest BCUT2D eigenvalue weighted by atomic mass is 79.9. The summed E-state index contributed by atoms with van der Waals surface area (Å²) in [6.45, 7) is 5.33. The Balaban J connectivity index is 0.000000260. The Morgan fingerprint density at radius 3 is 1.58 bits per heavy atom. The van der Waals surface area contributed by atoms with E-state index >= 15 is 0 Å². The molecule has 0 aromatic heterocycles. The van der Waals surface area contributed by atoms with Gasteiger partial charge in [0.25, 0.3) is 0 Å². The van der Waals surface area contributed by atoms with Crippen LogP contribution in [-0.2, 0) is 0 Å². The fourth-order valence-electron chi connectivity index (χ4n) is 2.18. The van der Waals surface area contributed by atoms with Gasteiger partial charge in [-0.05, 0) is 72.1 Å². The van der Waals surface area contributed by atoms with Crippen molar-refractivity contribution in [1.82, 2.24) is 0 Å². The molecular formula is C19H20Br2O5. The molecule has 0 aliphatic carbocycles. The standard InChI is InChI=1S/C10H11BrO2.C9H9BrO3/c1-6-4-9(11)8(7(2)12)5-10(6)13-3;1-5-3-7(10)6(9(11)12)4-8(5)13-2/h4-5H,1-3H3;3-4H,1-2H3,(H,11,12). The molecule has 26 heavy (non-hydrogen) atoms. The van der Waals surface area contributed by atoms with Gasteiger partial charge < -0.3 is 14.6 Å². The smallest absolute Gasteiger partial charge is 0.336 e. The number of hydrogen-bond acceptors (Lipinski definition) is 4. The minimum absolute atomic E-state index is 0.0326. The topological polar surface area (TPSA) is 72.8 Å². The molecule has 5 nitrogen and oxygen atoms in total. The minimum atomic E-state index is -0.967. The molecule has 0 radical (unpaired) electrons. The van der Waals surface area contributed by atoms with Crippen LogP contribution < -0.4 is 9.47 Å². The van der Waals surface area contributed by atoms with Crippen molar-refractivity contribution in [1.29, 1.82) is 0 Å². The van der Waals surface area contributed by atoms with Crippen molar-refractivity contribution < 1.29 is 24.2 Å². The molecule has 2 aromatic carbocycles. The van der Waals surface area contributed by atoms with Crippen molar-refractivity contribution in [2.24, 2.45) is 0 Å². The van der Waals surface area contributed by atoms with Gasteiger partial charge >= 0.3 is 5.97 Å². The van der Waals surface area contributed by atoms with Gasteiger partial charge in [-0.3, -0.25) is 4.79 Å². The molecule has 0 amide bonds. The highest BCUT2D eigenvalue weighted by Crippen LogP contribution is 2.27. The number of ketones is 1. The van der Waals surface area contributed by atoms with Crippen molar-refractivity contribution >= 4 is 43.6 Å². The quantitative estimate of drug-likeness (QED) is 0.582. The van der Waals surface area contributed by atoms with Crippen molar-refractivity contribution in [3.63, 3.8) is 0 Å². The maximum absolute atomic E-state index is 11.2. The lowest BCUT2D eigenvalue weighted by Gasteiger charge is -2.07. The molecule has 0 aliphatic heterocycles. The number of rotatable bonds is 4. The number of aromatic carboxylic acids is 1. The van der Waals surface area contributed by atoms with Gasteiger partial charge in [0.1, 0.15) is 11.5 Å². The Morgan fingerprint density at radius 1 is 0.846 bits per heavy atom. The second-order valence-electron chi connectivity index (χ2n) is 5.46. The fourth-order valence-corrected chi connectivity index (χ4v) is 3.54. The number of carbonyl (C=O) groups is 2. The Morgan fingerprint density at radius 2 is 1.23 bits per heavy atom. The summed E-state index contributed by atoms with van der Waals surface area (Å²) in [5.41, 5.74) is 2.78. The zero-order valence-electron chi connectivity index (χ0n) is 15.1. The lowest BCUT2D eigenvalue weighted by Crippen LogP contribution is -1.99. The molecule has 2 rings (SSSR count). The Kier molecular flexibility index (Phi) is 8.30. The van der Waals surface area contributed by atoms with Crippen molar-refractivity contribution in [2.75, 3.05) is 14.2 Å². The van der Waals surface area contributed by atoms with Crippen LogP contribution in [0.2, 0.25) is 0 Å². The highest BCUT2D eigenvalue weighted by Gasteiger charge is 2.11. The summed E-state index contributed by atoms with van der Waals surface area (Å²) in [6, 6.07) is 6.86. The number of carboxylic acid groups (broad SMARTS) is 1. The molecule has 0 aliphatic rings. The van der Waals surface area contributed by atoms with Crippen LogP contribution in [0.5, 0.6) is 11.5 Å². The van der Waals surface area contributed by atoms with E-state index in [-0.39, 0.29) is 11.3 Å². The van der Waals surface area contributed by atoms with E-state index in [4.69, 9.17) is 14.6 Å². The summed E-state index contributed by atoms with van der Waals surface area (Å²) in [4.78, 5) is 21.9. The predicted molar refractivity (Wildman–Crippen MR) is 108 cm³/mol. The molecule has 7 heteroatoms. The number of carboxylic acids is 1. The third kappa shape index (κ3) is 5.57. The van der Waals surface area contributed by atoms with E-state index in [2.05, 4.69) is 31.9 Å². The van der Waals surface area contributed by atoms with E-state index in [0.29, 0.717) is 15.8 Å². The van der Waals surface area contributed by atoms with E-state index in [1.54, 1.807) is 19.2 Å². The van der Waals surface area contributed by atoms with Crippen molar-refractivity contribution in [3.05, 3.63) is 55.5 Å². The molecule has 0 bridgehead atoms. The number of ether oxygens (including phenoxy) is 2. The first-order valence-electron chi connectivity index (χ1n) is 7.54. The van der Waals surface area contributed by atoms with Gasteiger partial charge in [0.2, 0.25) is 0 Å². The van der Waals surface area contributed by atoms with E-state index < -0.39 is 5.97 Å². The molecule has 2 aromatic rings. The summed E-state index contributed by atoms with van der Waals surface area (Å²) in [5, 5.41) is 8.79. The molecule has 0 saturated heterocycles. The van der Waals surface area contributed by atoms with Gasteiger partial charge in [-0.1, -0.05) is 15.9 Å². The first-order valence-corrected chi connectivity index (χ1v) is 9.13. The first kappa shape index (κ1) is 22.2. The summed E-state index contributed by atoms with van der Waals surface area (Å²) in [6.07, 6.45) is 0. The number of benzene rings is 2. The Labute approximate surface area is 169 Å². The molecule has 0 saturated carbocycles. The molecule has 0 fully saturated rings. The molecule has 0 unspecified atom stereocenters. The van der Waals surface area contributed by atoms with E-state index in [9.17, 15) is 9.59 Å². The minimum Gasteiger partial charge on any atom is -0.496 e. The number of hydrogen-bond donors (Lipinski definition) is 1. The number of halogens is 2. The molecule has 0 heterocycles. The zero-order valence-corrected chi connectivity index (χ0v) is 18.3. The first-order chi connectivity index (χ1) is 12.1. The van der Waals surface area contributed by atoms with Gasteiger partial charge in [0.15, 0.2) is 5.78 Å². The Bertz CT molecular complexity index is 762. The largest absolute Gasteiger partial charge is 0.496 e. The third-order valence-corrected chi connectivity index (χ3v) is 4.89. The number of carbonyl (C=O) groups excluding carboxylic acids is 1. The van der Waals surface area contributed by atoms with Crippen LogP contribution in [0.25, 0.3) is 0 Å². The Hall–Kier alpha value is -1.86. The lowest BCUT2D eigenvalue weighted by molar-refractivity contribution is 0.0695. The van der Waals surface area contributed by atoms with Gasteiger partial charge in [0, 0.05) is 14.5 Å². The highest BCUT2D eigenvalue weighted by molar-refractivity contribution is 9.10. The van der Waals surface area contributed by atoms with Crippen LogP contribution in [0.3, 0.4) is 0 Å². The van der Waals surface area contributed by atoms with E-state index in [1.807, 2.05) is 19.9 Å².